The zero-order valence-electron chi connectivity index (χ0n) is 12.2. The fourth-order valence-electron chi connectivity index (χ4n) is 1.75. The van der Waals surface area contributed by atoms with E-state index in [1.54, 1.807) is 6.07 Å². The Morgan fingerprint density at radius 1 is 1.45 bits per heavy atom. The molecular formula is C14H16N2O5S. The minimum atomic E-state index is -3.78. The number of carbonyl (C=O) groups is 1. The number of nitrogens with one attached hydrogen (secondary N) is 1. The lowest BCUT2D eigenvalue weighted by Gasteiger charge is -2.12. The molecule has 1 fully saturated rings. The Morgan fingerprint density at radius 2 is 2.14 bits per heavy atom. The predicted molar refractivity (Wildman–Crippen MR) is 76.8 cm³/mol. The Morgan fingerprint density at radius 3 is 2.68 bits per heavy atom. The van der Waals surface area contributed by atoms with Crippen LogP contribution in [0, 0.1) is 11.3 Å². The Bertz CT molecular complexity index is 719. The van der Waals surface area contributed by atoms with Crippen LogP contribution in [0.3, 0.4) is 0 Å². The van der Waals surface area contributed by atoms with Gasteiger partial charge in [0, 0.05) is 6.04 Å². The summed E-state index contributed by atoms with van der Waals surface area (Å²) in [7, 11) is -2.43. The zero-order chi connectivity index (χ0) is 16.3. The van der Waals surface area contributed by atoms with Crippen molar-refractivity contribution in [2.24, 2.45) is 0 Å². The topological polar surface area (TPSA) is 105 Å². The molecule has 0 radical (unpaired) electrons. The summed E-state index contributed by atoms with van der Waals surface area (Å²) >= 11 is 0. The average Bonchev–Trinajstić information content (AvgIpc) is 3.29. The summed E-state index contributed by atoms with van der Waals surface area (Å²) in [5, 5.41) is 8.65. The van der Waals surface area contributed by atoms with Crippen molar-refractivity contribution in [3.63, 3.8) is 0 Å². The molecule has 0 aromatic heterocycles. The number of nitrogens with zero attached hydrogens (tertiary/aromatic N) is 1. The van der Waals surface area contributed by atoms with Gasteiger partial charge in [-0.25, -0.2) is 17.9 Å². The lowest BCUT2D eigenvalue weighted by Crippen LogP contribution is -2.26. The van der Waals surface area contributed by atoms with E-state index in [9.17, 15) is 13.2 Å². The number of esters is 1. The molecule has 1 saturated carbocycles. The number of rotatable bonds is 6. The van der Waals surface area contributed by atoms with Gasteiger partial charge < -0.3 is 9.47 Å². The third-order valence-electron chi connectivity index (χ3n) is 3.05. The van der Waals surface area contributed by atoms with Crippen LogP contribution in [-0.4, -0.2) is 33.6 Å². The molecule has 1 N–H and O–H groups in total. The highest BCUT2D eigenvalue weighted by Crippen LogP contribution is 2.28. The van der Waals surface area contributed by atoms with Crippen LogP contribution in [0.2, 0.25) is 0 Å². The summed E-state index contributed by atoms with van der Waals surface area (Å²) in [5.74, 6) is -0.627. The van der Waals surface area contributed by atoms with Gasteiger partial charge in [0.25, 0.3) is 0 Å². The van der Waals surface area contributed by atoms with Crippen LogP contribution < -0.4 is 9.46 Å². The normalized spacial score (nSPS) is 15.7. The average molecular weight is 324 g/mol. The molecule has 0 saturated heterocycles. The molecule has 0 unspecified atom stereocenters. The summed E-state index contributed by atoms with van der Waals surface area (Å²) in [4.78, 5) is 11.8. The molecule has 2 rings (SSSR count). The van der Waals surface area contributed by atoms with E-state index in [4.69, 9.17) is 14.7 Å². The number of carbonyl (C=O) groups excluding carboxylic acids is 1. The van der Waals surface area contributed by atoms with E-state index in [0.29, 0.717) is 0 Å². The summed E-state index contributed by atoms with van der Waals surface area (Å²) < 4.78 is 37.1. The minimum absolute atomic E-state index is 0.0408. The molecule has 1 aliphatic carbocycles. The maximum atomic E-state index is 12.3. The van der Waals surface area contributed by atoms with E-state index in [1.165, 1.54) is 32.2 Å². The highest BCUT2D eigenvalue weighted by atomic mass is 32.2. The number of ether oxygens (including phenoxy) is 2. The standard InChI is InChI=1S/C14H16N2O5S/c1-9(8-15)21-14(17)10-3-6-12(20-2)13(7-10)22(18,19)16-11-4-5-11/h3,6-7,9,11,16H,4-5H2,1-2H3/t9-/m0/s1. The number of methoxy groups -OCH3 is 1. The Hall–Kier alpha value is -2.11. The van der Waals surface area contributed by atoms with Gasteiger partial charge >= 0.3 is 5.97 Å². The Balaban J connectivity index is 2.34. The van der Waals surface area contributed by atoms with Gasteiger partial charge in [-0.05, 0) is 38.0 Å². The van der Waals surface area contributed by atoms with Gasteiger partial charge in [0.05, 0.1) is 12.7 Å². The molecule has 7 nitrogen and oxygen atoms in total. The van der Waals surface area contributed by atoms with Crippen LogP contribution in [0.25, 0.3) is 0 Å². The monoisotopic (exact) mass is 324 g/mol. The third-order valence-corrected chi connectivity index (χ3v) is 4.60. The lowest BCUT2D eigenvalue weighted by atomic mass is 10.2. The molecule has 1 atom stereocenters. The highest BCUT2D eigenvalue weighted by Gasteiger charge is 2.30. The second-order valence-electron chi connectivity index (χ2n) is 4.94. The van der Waals surface area contributed by atoms with Crippen molar-refractivity contribution >= 4 is 16.0 Å². The van der Waals surface area contributed by atoms with Gasteiger partial charge in [-0.2, -0.15) is 5.26 Å². The molecule has 22 heavy (non-hydrogen) atoms. The first kappa shape index (κ1) is 16.3. The van der Waals surface area contributed by atoms with Crippen LogP contribution >= 0.6 is 0 Å². The van der Waals surface area contributed by atoms with Crippen LogP contribution in [-0.2, 0) is 14.8 Å². The van der Waals surface area contributed by atoms with E-state index >= 15 is 0 Å². The second-order valence-corrected chi connectivity index (χ2v) is 6.62. The third kappa shape index (κ3) is 3.75. The van der Waals surface area contributed by atoms with Gasteiger partial charge in [0.1, 0.15) is 16.7 Å². The molecule has 1 aliphatic rings. The van der Waals surface area contributed by atoms with Crippen LogP contribution in [0.15, 0.2) is 23.1 Å². The maximum Gasteiger partial charge on any atom is 0.339 e. The van der Waals surface area contributed by atoms with Gasteiger partial charge in [0.2, 0.25) is 10.0 Å². The van der Waals surface area contributed by atoms with Crippen molar-refractivity contribution < 1.29 is 22.7 Å². The molecule has 1 aromatic carbocycles. The van der Waals surface area contributed by atoms with Crippen molar-refractivity contribution in [3.05, 3.63) is 23.8 Å². The molecule has 8 heteroatoms. The first-order valence-electron chi connectivity index (χ1n) is 6.68. The van der Waals surface area contributed by atoms with Crippen molar-refractivity contribution in [1.82, 2.24) is 4.72 Å². The van der Waals surface area contributed by atoms with Crippen LogP contribution in [0.4, 0.5) is 0 Å². The fourth-order valence-corrected chi connectivity index (χ4v) is 3.25. The van der Waals surface area contributed by atoms with E-state index in [2.05, 4.69) is 4.72 Å². The van der Waals surface area contributed by atoms with Crippen LogP contribution in [0.1, 0.15) is 30.1 Å². The number of hydrogen-bond donors (Lipinski definition) is 1. The maximum absolute atomic E-state index is 12.3. The first-order chi connectivity index (χ1) is 10.4. The van der Waals surface area contributed by atoms with Crippen molar-refractivity contribution in [2.45, 2.75) is 36.8 Å². The summed E-state index contributed by atoms with van der Waals surface area (Å²) in [5.41, 5.74) is 0.0408. The van der Waals surface area contributed by atoms with Gasteiger partial charge in [-0.1, -0.05) is 0 Å². The number of benzene rings is 1. The van der Waals surface area contributed by atoms with E-state index in [1.807, 2.05) is 0 Å². The smallest absolute Gasteiger partial charge is 0.339 e. The predicted octanol–water partition coefficient (Wildman–Crippen LogP) is 1.20. The zero-order valence-corrected chi connectivity index (χ0v) is 13.0. The molecular weight excluding hydrogens is 308 g/mol. The van der Waals surface area contributed by atoms with Crippen molar-refractivity contribution in [1.29, 1.82) is 5.26 Å². The minimum Gasteiger partial charge on any atom is -0.495 e. The summed E-state index contributed by atoms with van der Waals surface area (Å²) in [6, 6.07) is 5.67. The molecule has 0 amide bonds. The number of sulfonamides is 1. The van der Waals surface area contributed by atoms with Gasteiger partial charge in [-0.3, -0.25) is 0 Å². The quantitative estimate of drug-likeness (QED) is 0.788. The highest BCUT2D eigenvalue weighted by molar-refractivity contribution is 7.89. The van der Waals surface area contributed by atoms with Gasteiger partial charge in [-0.15, -0.1) is 0 Å². The van der Waals surface area contributed by atoms with Gasteiger partial charge in [0.15, 0.2) is 6.10 Å². The van der Waals surface area contributed by atoms with Crippen LogP contribution in [0.5, 0.6) is 5.75 Å². The fraction of sp³-hybridized carbons (Fsp3) is 0.429. The number of nitriles is 1. The summed E-state index contributed by atoms with van der Waals surface area (Å²) in [6.45, 7) is 1.42. The first-order valence-corrected chi connectivity index (χ1v) is 8.16. The molecule has 0 heterocycles. The molecule has 0 spiro atoms. The van der Waals surface area contributed by atoms with E-state index in [0.717, 1.165) is 12.8 Å². The molecule has 0 aliphatic heterocycles. The molecule has 0 bridgehead atoms. The van der Waals surface area contributed by atoms with Crippen molar-refractivity contribution in [2.75, 3.05) is 7.11 Å². The molecule has 1 aromatic rings. The molecule has 118 valence electrons. The Labute approximate surface area is 128 Å². The lowest BCUT2D eigenvalue weighted by molar-refractivity contribution is 0.0435. The SMILES string of the molecule is COc1ccc(C(=O)O[C@@H](C)C#N)cc1S(=O)(=O)NC1CC1. The summed E-state index contributed by atoms with van der Waals surface area (Å²) in [6.07, 6.45) is 0.672. The van der Waals surface area contributed by atoms with Crippen molar-refractivity contribution in [3.8, 4) is 11.8 Å². The second kappa shape index (κ2) is 6.34. The largest absolute Gasteiger partial charge is 0.495 e. The Kier molecular flexibility index (Phi) is 4.68. The van der Waals surface area contributed by atoms with E-state index in [-0.39, 0.29) is 22.3 Å². The van der Waals surface area contributed by atoms with E-state index < -0.39 is 22.1 Å². The number of hydrogen-bond acceptors (Lipinski definition) is 6.